The fourth-order valence-electron chi connectivity index (χ4n) is 2.47. The van der Waals surface area contributed by atoms with Crippen molar-refractivity contribution in [2.24, 2.45) is 0 Å². The summed E-state index contributed by atoms with van der Waals surface area (Å²) >= 11 is 0. The van der Waals surface area contributed by atoms with Crippen LogP contribution in [0.15, 0.2) is 0 Å². The number of nitrogens with zero attached hydrogens (tertiary/aromatic N) is 2. The Bertz CT molecular complexity index is 263. The van der Waals surface area contributed by atoms with Crippen LogP contribution in [0.2, 0.25) is 0 Å². The Morgan fingerprint density at radius 1 is 1.32 bits per heavy atom. The van der Waals surface area contributed by atoms with Crippen LogP contribution in [0.5, 0.6) is 0 Å². The Morgan fingerprint density at radius 2 is 1.95 bits per heavy atom. The third kappa shape index (κ3) is 5.89. The van der Waals surface area contributed by atoms with Crippen molar-refractivity contribution in [1.29, 1.82) is 0 Å². The van der Waals surface area contributed by atoms with E-state index in [1.807, 2.05) is 23.6 Å². The van der Waals surface area contributed by atoms with E-state index in [-0.39, 0.29) is 24.7 Å². The molecule has 5 nitrogen and oxygen atoms in total. The number of unbranched alkanes of at least 4 members (excludes halogenated alkanes) is 1. The normalized spacial score (nSPS) is 23.9. The molecule has 1 amide bonds. The Labute approximate surface area is 116 Å². The molecule has 1 saturated heterocycles. The second kappa shape index (κ2) is 8.51. The molecule has 19 heavy (non-hydrogen) atoms. The quantitative estimate of drug-likeness (QED) is 0.742. The zero-order valence-corrected chi connectivity index (χ0v) is 12.5. The molecule has 0 radical (unpaired) electrons. The van der Waals surface area contributed by atoms with Gasteiger partial charge < -0.3 is 14.7 Å². The molecule has 0 aromatic heterocycles. The van der Waals surface area contributed by atoms with Crippen molar-refractivity contribution in [3.05, 3.63) is 0 Å². The maximum absolute atomic E-state index is 12.3. The molecule has 1 rings (SSSR count). The molecule has 112 valence electrons. The van der Waals surface area contributed by atoms with E-state index in [4.69, 9.17) is 9.84 Å². The lowest BCUT2D eigenvalue weighted by Gasteiger charge is -2.36. The molecule has 1 heterocycles. The van der Waals surface area contributed by atoms with Gasteiger partial charge in [0.2, 0.25) is 5.91 Å². The summed E-state index contributed by atoms with van der Waals surface area (Å²) in [7, 11) is 0. The van der Waals surface area contributed by atoms with E-state index in [1.165, 1.54) is 0 Å². The lowest BCUT2D eigenvalue weighted by Crippen LogP contribution is -2.51. The van der Waals surface area contributed by atoms with Crippen molar-refractivity contribution in [2.75, 3.05) is 39.3 Å². The Kier molecular flexibility index (Phi) is 7.34. The minimum atomic E-state index is 0.104. The van der Waals surface area contributed by atoms with Gasteiger partial charge in [-0.25, -0.2) is 0 Å². The first kappa shape index (κ1) is 16.4. The van der Waals surface area contributed by atoms with E-state index in [9.17, 15) is 4.79 Å². The first-order chi connectivity index (χ1) is 9.06. The molecule has 1 aliphatic heterocycles. The van der Waals surface area contributed by atoms with Gasteiger partial charge in [-0.15, -0.1) is 0 Å². The van der Waals surface area contributed by atoms with Gasteiger partial charge in [0, 0.05) is 19.6 Å². The highest BCUT2D eigenvalue weighted by Crippen LogP contribution is 2.11. The highest BCUT2D eigenvalue weighted by Gasteiger charge is 2.26. The summed E-state index contributed by atoms with van der Waals surface area (Å²) in [4.78, 5) is 16.2. The second-order valence-electron chi connectivity index (χ2n) is 5.41. The van der Waals surface area contributed by atoms with Crippen LogP contribution < -0.4 is 0 Å². The molecule has 0 saturated carbocycles. The Balaban J connectivity index is 2.45. The largest absolute Gasteiger partial charge is 0.395 e. The van der Waals surface area contributed by atoms with Gasteiger partial charge in [-0.2, -0.15) is 0 Å². The fourth-order valence-corrected chi connectivity index (χ4v) is 2.47. The predicted molar refractivity (Wildman–Crippen MR) is 75.0 cm³/mol. The first-order valence-corrected chi connectivity index (χ1v) is 7.33. The van der Waals surface area contributed by atoms with Crippen LogP contribution in [0.1, 0.15) is 33.6 Å². The minimum Gasteiger partial charge on any atom is -0.395 e. The molecule has 2 unspecified atom stereocenters. The van der Waals surface area contributed by atoms with E-state index in [0.29, 0.717) is 26.2 Å². The van der Waals surface area contributed by atoms with E-state index in [0.717, 1.165) is 19.4 Å². The van der Waals surface area contributed by atoms with Crippen LogP contribution >= 0.6 is 0 Å². The van der Waals surface area contributed by atoms with Crippen molar-refractivity contribution >= 4 is 5.91 Å². The van der Waals surface area contributed by atoms with Crippen LogP contribution in [0.3, 0.4) is 0 Å². The summed E-state index contributed by atoms with van der Waals surface area (Å²) in [5.41, 5.74) is 0. The number of carbonyl (C=O) groups excluding carboxylic acids is 1. The van der Waals surface area contributed by atoms with Gasteiger partial charge in [0.1, 0.15) is 0 Å². The van der Waals surface area contributed by atoms with Crippen LogP contribution in [-0.2, 0) is 9.53 Å². The Morgan fingerprint density at radius 3 is 2.47 bits per heavy atom. The molecule has 1 fully saturated rings. The maximum Gasteiger partial charge on any atom is 0.236 e. The zero-order valence-electron chi connectivity index (χ0n) is 12.5. The molecule has 2 atom stereocenters. The zero-order chi connectivity index (χ0) is 14.3. The number of aliphatic hydroxyl groups excluding tert-OH is 1. The van der Waals surface area contributed by atoms with Gasteiger partial charge in [0.05, 0.1) is 25.4 Å². The van der Waals surface area contributed by atoms with E-state index in [2.05, 4.69) is 6.92 Å². The number of rotatable bonds is 7. The lowest BCUT2D eigenvalue weighted by molar-refractivity contribution is -0.144. The Hall–Kier alpha value is -0.650. The number of amides is 1. The molecular weight excluding hydrogens is 244 g/mol. The van der Waals surface area contributed by atoms with E-state index < -0.39 is 0 Å². The lowest BCUT2D eigenvalue weighted by atomic mass is 10.2. The number of hydrogen-bond donors (Lipinski definition) is 1. The molecule has 0 bridgehead atoms. The minimum absolute atomic E-state index is 0.104. The fraction of sp³-hybridized carbons (Fsp3) is 0.929. The van der Waals surface area contributed by atoms with Gasteiger partial charge >= 0.3 is 0 Å². The highest BCUT2D eigenvalue weighted by molar-refractivity contribution is 5.78. The van der Waals surface area contributed by atoms with E-state index >= 15 is 0 Å². The van der Waals surface area contributed by atoms with Gasteiger partial charge in [0.25, 0.3) is 0 Å². The summed E-state index contributed by atoms with van der Waals surface area (Å²) in [5, 5.41) is 9.06. The van der Waals surface area contributed by atoms with Gasteiger partial charge in [-0.05, 0) is 26.8 Å². The first-order valence-electron chi connectivity index (χ1n) is 7.33. The topological polar surface area (TPSA) is 53.0 Å². The summed E-state index contributed by atoms with van der Waals surface area (Å²) in [6, 6.07) is 0. The van der Waals surface area contributed by atoms with Crippen molar-refractivity contribution in [1.82, 2.24) is 9.80 Å². The maximum atomic E-state index is 12.3. The number of ether oxygens (including phenoxy) is 1. The molecule has 5 heteroatoms. The van der Waals surface area contributed by atoms with Crippen molar-refractivity contribution in [3.8, 4) is 0 Å². The summed E-state index contributed by atoms with van der Waals surface area (Å²) in [6.45, 7) is 9.42. The predicted octanol–water partition coefficient (Wildman–Crippen LogP) is 0.717. The summed E-state index contributed by atoms with van der Waals surface area (Å²) in [6.07, 6.45) is 2.37. The third-order valence-corrected chi connectivity index (χ3v) is 3.38. The average molecular weight is 272 g/mol. The third-order valence-electron chi connectivity index (χ3n) is 3.38. The van der Waals surface area contributed by atoms with Crippen LogP contribution in [0.4, 0.5) is 0 Å². The standard InChI is InChI=1S/C14H28N2O3/c1-4-5-6-15(7-8-17)11-14(18)16-9-12(2)19-13(3)10-16/h12-13,17H,4-11H2,1-3H3. The van der Waals surface area contributed by atoms with Crippen molar-refractivity contribution < 1.29 is 14.6 Å². The van der Waals surface area contributed by atoms with Crippen LogP contribution in [0, 0.1) is 0 Å². The average Bonchev–Trinajstić information content (AvgIpc) is 2.35. The number of carbonyl (C=O) groups is 1. The van der Waals surface area contributed by atoms with Gasteiger partial charge in [-0.3, -0.25) is 9.69 Å². The molecule has 0 aromatic carbocycles. The summed E-state index contributed by atoms with van der Waals surface area (Å²) in [5.74, 6) is 0.145. The van der Waals surface area contributed by atoms with Crippen molar-refractivity contribution in [3.63, 3.8) is 0 Å². The number of morpholine rings is 1. The van der Waals surface area contributed by atoms with Crippen molar-refractivity contribution in [2.45, 2.75) is 45.8 Å². The highest BCUT2D eigenvalue weighted by atomic mass is 16.5. The molecule has 1 aliphatic rings. The molecule has 0 aromatic rings. The molecular formula is C14H28N2O3. The molecule has 0 aliphatic carbocycles. The number of aliphatic hydroxyl groups is 1. The van der Waals surface area contributed by atoms with Crippen LogP contribution in [0.25, 0.3) is 0 Å². The molecule has 1 N–H and O–H groups in total. The smallest absolute Gasteiger partial charge is 0.236 e. The molecule has 0 spiro atoms. The number of hydrogen-bond acceptors (Lipinski definition) is 4. The van der Waals surface area contributed by atoms with Gasteiger partial charge in [0.15, 0.2) is 0 Å². The monoisotopic (exact) mass is 272 g/mol. The van der Waals surface area contributed by atoms with E-state index in [1.54, 1.807) is 0 Å². The van der Waals surface area contributed by atoms with Gasteiger partial charge in [-0.1, -0.05) is 13.3 Å². The van der Waals surface area contributed by atoms with Crippen LogP contribution in [-0.4, -0.2) is 72.4 Å². The summed E-state index contributed by atoms with van der Waals surface area (Å²) < 4.78 is 5.64. The second-order valence-corrected chi connectivity index (χ2v) is 5.41. The SMILES string of the molecule is CCCCN(CCO)CC(=O)N1CC(C)OC(C)C1.